The van der Waals surface area contributed by atoms with Crippen molar-refractivity contribution in [3.8, 4) is 0 Å². The number of para-hydroxylation sites is 1. The summed E-state index contributed by atoms with van der Waals surface area (Å²) in [6.45, 7) is 2.13. The van der Waals surface area contributed by atoms with Gasteiger partial charge < -0.3 is 5.32 Å². The molecule has 82 valence electrons. The van der Waals surface area contributed by atoms with Gasteiger partial charge in [0.1, 0.15) is 0 Å². The summed E-state index contributed by atoms with van der Waals surface area (Å²) in [4.78, 5) is 8.44. The molecule has 1 N–H and O–H groups in total. The lowest BCUT2D eigenvalue weighted by Gasteiger charge is -2.08. The molecular formula is C12H12IN3. The topological polar surface area (TPSA) is 37.8 Å². The standard InChI is InChI=1S/C12H12IN3/c1-2-9-5-3-4-6-11(9)16-12-14-7-10(13)8-15-12/h3-8H,2H2,1H3,(H,14,15,16). The Morgan fingerprint density at radius 3 is 2.56 bits per heavy atom. The number of nitrogens with zero attached hydrogens (tertiary/aromatic N) is 2. The highest BCUT2D eigenvalue weighted by Crippen LogP contribution is 2.18. The van der Waals surface area contributed by atoms with E-state index < -0.39 is 0 Å². The molecule has 2 aromatic rings. The quantitative estimate of drug-likeness (QED) is 0.879. The molecule has 0 spiro atoms. The second-order valence-corrected chi connectivity index (χ2v) is 4.61. The SMILES string of the molecule is CCc1ccccc1Nc1ncc(I)cn1. The van der Waals surface area contributed by atoms with Crippen molar-refractivity contribution in [2.24, 2.45) is 0 Å². The van der Waals surface area contributed by atoms with E-state index in [-0.39, 0.29) is 0 Å². The minimum atomic E-state index is 0.640. The normalized spacial score (nSPS) is 10.1. The van der Waals surface area contributed by atoms with Crippen LogP contribution in [0.15, 0.2) is 36.7 Å². The maximum Gasteiger partial charge on any atom is 0.227 e. The van der Waals surface area contributed by atoms with Gasteiger partial charge in [-0.25, -0.2) is 9.97 Å². The number of nitrogens with one attached hydrogen (secondary N) is 1. The number of anilines is 2. The average Bonchev–Trinajstić information content (AvgIpc) is 2.33. The zero-order valence-corrected chi connectivity index (χ0v) is 11.1. The van der Waals surface area contributed by atoms with Crippen LogP contribution in [-0.4, -0.2) is 9.97 Å². The molecule has 1 heterocycles. The van der Waals surface area contributed by atoms with Gasteiger partial charge in [-0.2, -0.15) is 0 Å². The van der Waals surface area contributed by atoms with Crippen molar-refractivity contribution < 1.29 is 0 Å². The highest BCUT2D eigenvalue weighted by atomic mass is 127. The molecule has 1 aromatic carbocycles. The summed E-state index contributed by atoms with van der Waals surface area (Å²) in [5.41, 5.74) is 2.34. The summed E-state index contributed by atoms with van der Waals surface area (Å²) >= 11 is 2.19. The fourth-order valence-electron chi connectivity index (χ4n) is 1.45. The van der Waals surface area contributed by atoms with Gasteiger partial charge in [0.25, 0.3) is 0 Å². The van der Waals surface area contributed by atoms with Crippen molar-refractivity contribution in [3.63, 3.8) is 0 Å². The number of aromatic nitrogens is 2. The molecule has 2 rings (SSSR count). The third-order valence-electron chi connectivity index (χ3n) is 2.27. The monoisotopic (exact) mass is 325 g/mol. The van der Waals surface area contributed by atoms with Crippen LogP contribution in [0.4, 0.5) is 11.6 Å². The van der Waals surface area contributed by atoms with E-state index in [0.29, 0.717) is 5.95 Å². The first-order chi connectivity index (χ1) is 7.79. The van der Waals surface area contributed by atoms with Crippen molar-refractivity contribution in [3.05, 3.63) is 45.8 Å². The van der Waals surface area contributed by atoms with Gasteiger partial charge in [-0.05, 0) is 40.6 Å². The van der Waals surface area contributed by atoms with E-state index in [1.54, 1.807) is 12.4 Å². The van der Waals surface area contributed by atoms with E-state index in [1.807, 2.05) is 18.2 Å². The zero-order valence-electron chi connectivity index (χ0n) is 8.94. The van der Waals surface area contributed by atoms with Crippen LogP contribution in [0.3, 0.4) is 0 Å². The van der Waals surface area contributed by atoms with Crippen LogP contribution in [0.1, 0.15) is 12.5 Å². The third-order valence-corrected chi connectivity index (χ3v) is 2.82. The first kappa shape index (κ1) is 11.3. The number of hydrogen-bond donors (Lipinski definition) is 1. The van der Waals surface area contributed by atoms with Crippen molar-refractivity contribution in [1.82, 2.24) is 9.97 Å². The highest BCUT2D eigenvalue weighted by Gasteiger charge is 2.01. The van der Waals surface area contributed by atoms with E-state index in [2.05, 4.69) is 50.9 Å². The maximum absolute atomic E-state index is 4.22. The Balaban J connectivity index is 2.23. The molecule has 0 saturated carbocycles. The Kier molecular flexibility index (Phi) is 3.71. The van der Waals surface area contributed by atoms with Gasteiger partial charge in [-0.3, -0.25) is 0 Å². The van der Waals surface area contributed by atoms with Crippen LogP contribution >= 0.6 is 22.6 Å². The lowest BCUT2D eigenvalue weighted by Crippen LogP contribution is -1.99. The van der Waals surface area contributed by atoms with Crippen molar-refractivity contribution in [2.75, 3.05) is 5.32 Å². The number of benzene rings is 1. The molecule has 0 saturated heterocycles. The molecule has 4 heteroatoms. The number of rotatable bonds is 3. The fraction of sp³-hybridized carbons (Fsp3) is 0.167. The molecule has 0 bridgehead atoms. The van der Waals surface area contributed by atoms with E-state index in [9.17, 15) is 0 Å². The minimum Gasteiger partial charge on any atom is -0.324 e. The van der Waals surface area contributed by atoms with Crippen LogP contribution < -0.4 is 5.32 Å². The Labute approximate surface area is 108 Å². The van der Waals surface area contributed by atoms with Gasteiger partial charge >= 0.3 is 0 Å². The van der Waals surface area contributed by atoms with Gasteiger partial charge in [0.05, 0.1) is 0 Å². The van der Waals surface area contributed by atoms with Crippen molar-refractivity contribution in [1.29, 1.82) is 0 Å². The number of aryl methyl sites for hydroxylation is 1. The Morgan fingerprint density at radius 1 is 1.19 bits per heavy atom. The van der Waals surface area contributed by atoms with Crippen LogP contribution in [0, 0.1) is 3.57 Å². The Morgan fingerprint density at radius 2 is 1.88 bits per heavy atom. The lowest BCUT2D eigenvalue weighted by atomic mass is 10.1. The van der Waals surface area contributed by atoms with E-state index in [0.717, 1.165) is 15.7 Å². The second kappa shape index (κ2) is 5.25. The predicted octanol–water partition coefficient (Wildman–Crippen LogP) is 3.39. The second-order valence-electron chi connectivity index (χ2n) is 3.36. The number of halogens is 1. The van der Waals surface area contributed by atoms with Crippen LogP contribution in [0.25, 0.3) is 0 Å². The van der Waals surface area contributed by atoms with Crippen LogP contribution in [0.2, 0.25) is 0 Å². The molecule has 0 fully saturated rings. The summed E-state index contributed by atoms with van der Waals surface area (Å²) in [6, 6.07) is 8.20. The van der Waals surface area contributed by atoms with Crippen molar-refractivity contribution >= 4 is 34.2 Å². The third kappa shape index (κ3) is 2.69. The first-order valence-corrected chi connectivity index (χ1v) is 6.20. The van der Waals surface area contributed by atoms with Crippen LogP contribution in [-0.2, 0) is 6.42 Å². The Bertz CT molecular complexity index is 468. The predicted molar refractivity (Wildman–Crippen MR) is 73.9 cm³/mol. The summed E-state index contributed by atoms with van der Waals surface area (Å²) < 4.78 is 1.03. The van der Waals surface area contributed by atoms with Crippen LogP contribution in [0.5, 0.6) is 0 Å². The molecule has 0 aliphatic rings. The summed E-state index contributed by atoms with van der Waals surface area (Å²) in [5, 5.41) is 3.23. The van der Waals surface area contributed by atoms with E-state index >= 15 is 0 Å². The van der Waals surface area contributed by atoms with E-state index in [4.69, 9.17) is 0 Å². The summed E-state index contributed by atoms with van der Waals surface area (Å²) in [6.07, 6.45) is 4.59. The molecule has 0 aliphatic carbocycles. The molecule has 0 aliphatic heterocycles. The molecule has 0 radical (unpaired) electrons. The van der Waals surface area contributed by atoms with Gasteiger partial charge in [0.2, 0.25) is 5.95 Å². The van der Waals surface area contributed by atoms with Gasteiger partial charge in [-0.15, -0.1) is 0 Å². The largest absolute Gasteiger partial charge is 0.324 e. The van der Waals surface area contributed by atoms with Gasteiger partial charge in [0, 0.05) is 21.7 Å². The average molecular weight is 325 g/mol. The minimum absolute atomic E-state index is 0.640. The maximum atomic E-state index is 4.22. The Hall–Kier alpha value is -1.17. The lowest BCUT2D eigenvalue weighted by molar-refractivity contribution is 1.11. The number of hydrogen-bond acceptors (Lipinski definition) is 3. The smallest absolute Gasteiger partial charge is 0.227 e. The summed E-state index contributed by atoms with van der Waals surface area (Å²) in [5.74, 6) is 0.640. The molecule has 0 atom stereocenters. The van der Waals surface area contributed by atoms with E-state index in [1.165, 1.54) is 5.56 Å². The highest BCUT2D eigenvalue weighted by molar-refractivity contribution is 14.1. The van der Waals surface area contributed by atoms with Gasteiger partial charge in [-0.1, -0.05) is 25.1 Å². The summed E-state index contributed by atoms with van der Waals surface area (Å²) in [7, 11) is 0. The molecule has 3 nitrogen and oxygen atoms in total. The molecule has 1 aromatic heterocycles. The fourth-order valence-corrected chi connectivity index (χ4v) is 1.73. The molecule has 0 amide bonds. The van der Waals surface area contributed by atoms with Gasteiger partial charge in [0.15, 0.2) is 0 Å². The molecule has 0 unspecified atom stereocenters. The zero-order chi connectivity index (χ0) is 11.4. The molecular weight excluding hydrogens is 313 g/mol. The van der Waals surface area contributed by atoms with Crippen molar-refractivity contribution in [2.45, 2.75) is 13.3 Å². The molecule has 16 heavy (non-hydrogen) atoms. The first-order valence-electron chi connectivity index (χ1n) is 5.12.